The number of likely N-dealkylation sites (tertiary alicyclic amines) is 1. The van der Waals surface area contributed by atoms with E-state index in [-0.39, 0.29) is 11.8 Å². The first-order chi connectivity index (χ1) is 10.8. The Morgan fingerprint density at radius 1 is 1.18 bits per heavy atom. The Bertz CT molecular complexity index is 758. The van der Waals surface area contributed by atoms with Gasteiger partial charge in [0, 0.05) is 25.1 Å². The molecular formula is C16H14N2O4. The molecule has 1 unspecified atom stereocenters. The molecule has 0 radical (unpaired) electrons. The van der Waals surface area contributed by atoms with Crippen molar-refractivity contribution in [2.45, 2.75) is 12.3 Å². The summed E-state index contributed by atoms with van der Waals surface area (Å²) in [7, 11) is 0. The number of hydrogen-bond acceptors (Lipinski definition) is 5. The van der Waals surface area contributed by atoms with Gasteiger partial charge in [0.05, 0.1) is 12.5 Å². The van der Waals surface area contributed by atoms with E-state index in [0.717, 1.165) is 12.2 Å². The zero-order valence-corrected chi connectivity index (χ0v) is 11.8. The van der Waals surface area contributed by atoms with Crippen molar-refractivity contribution in [1.82, 2.24) is 10.1 Å². The van der Waals surface area contributed by atoms with Crippen LogP contribution >= 0.6 is 0 Å². The Kier molecular flexibility index (Phi) is 3.07. The number of nitrogens with zero attached hydrogens (tertiary/aromatic N) is 2. The lowest BCUT2D eigenvalue weighted by atomic mass is 10.1. The Labute approximate surface area is 126 Å². The van der Waals surface area contributed by atoms with Crippen LogP contribution in [0.2, 0.25) is 0 Å². The van der Waals surface area contributed by atoms with E-state index in [0.29, 0.717) is 30.3 Å². The summed E-state index contributed by atoms with van der Waals surface area (Å²) in [5.41, 5.74) is 0.298. The van der Waals surface area contributed by atoms with Crippen LogP contribution < -0.4 is 0 Å². The average molecular weight is 298 g/mol. The van der Waals surface area contributed by atoms with E-state index in [4.69, 9.17) is 13.4 Å². The van der Waals surface area contributed by atoms with E-state index in [1.807, 2.05) is 12.1 Å². The van der Waals surface area contributed by atoms with E-state index >= 15 is 0 Å². The lowest BCUT2D eigenvalue weighted by molar-refractivity contribution is 0.0780. The summed E-state index contributed by atoms with van der Waals surface area (Å²) in [6, 6.07) is 8.95. The van der Waals surface area contributed by atoms with Gasteiger partial charge in [0.1, 0.15) is 5.76 Å². The second kappa shape index (κ2) is 5.22. The fraction of sp³-hybridized carbons (Fsp3) is 0.250. The summed E-state index contributed by atoms with van der Waals surface area (Å²) in [6.45, 7) is 1.32. The lowest BCUT2D eigenvalue weighted by Gasteiger charge is -2.13. The number of carbonyl (C=O) groups is 1. The number of amides is 1. The molecule has 6 heteroatoms. The van der Waals surface area contributed by atoms with Gasteiger partial charge >= 0.3 is 0 Å². The minimum atomic E-state index is -0.129. The molecule has 112 valence electrons. The van der Waals surface area contributed by atoms with Crippen LogP contribution in [0.4, 0.5) is 0 Å². The molecule has 0 spiro atoms. The molecule has 0 aromatic carbocycles. The highest BCUT2D eigenvalue weighted by atomic mass is 16.5. The highest BCUT2D eigenvalue weighted by molar-refractivity contribution is 5.93. The summed E-state index contributed by atoms with van der Waals surface area (Å²) in [6.07, 6.45) is 4.10. The molecule has 0 N–H and O–H groups in total. The summed E-state index contributed by atoms with van der Waals surface area (Å²) >= 11 is 0. The predicted octanol–water partition coefficient (Wildman–Crippen LogP) is 3.16. The molecule has 4 heterocycles. The maximum absolute atomic E-state index is 12.5. The van der Waals surface area contributed by atoms with Gasteiger partial charge in [-0.15, -0.1) is 0 Å². The van der Waals surface area contributed by atoms with Crippen molar-refractivity contribution < 1.29 is 18.2 Å². The molecule has 1 amide bonds. The largest absolute Gasteiger partial charge is 0.469 e. The van der Waals surface area contributed by atoms with Crippen molar-refractivity contribution in [3.8, 4) is 11.5 Å². The van der Waals surface area contributed by atoms with Gasteiger partial charge in [-0.05, 0) is 30.7 Å². The Hall–Kier alpha value is -2.76. The van der Waals surface area contributed by atoms with E-state index in [9.17, 15) is 4.79 Å². The summed E-state index contributed by atoms with van der Waals surface area (Å²) < 4.78 is 15.8. The molecule has 22 heavy (non-hydrogen) atoms. The SMILES string of the molecule is O=C(c1cc(-c2ccco2)on1)N1CCC(c2ccco2)C1. The fourth-order valence-corrected chi connectivity index (χ4v) is 2.77. The van der Waals surface area contributed by atoms with Crippen molar-refractivity contribution in [1.29, 1.82) is 0 Å². The van der Waals surface area contributed by atoms with Crippen molar-refractivity contribution in [2.24, 2.45) is 0 Å². The Morgan fingerprint density at radius 2 is 2.05 bits per heavy atom. The number of aromatic nitrogens is 1. The molecule has 0 aliphatic carbocycles. The standard InChI is InChI=1S/C16H14N2O4/c19-16(12-9-15(22-17-12)14-4-2-8-21-14)18-6-5-11(10-18)13-3-1-7-20-13/h1-4,7-9,11H,5-6,10H2. The summed E-state index contributed by atoms with van der Waals surface area (Å²) in [4.78, 5) is 14.3. The molecule has 1 aliphatic rings. The molecule has 6 nitrogen and oxygen atoms in total. The molecule has 3 aromatic heterocycles. The third-order valence-electron chi connectivity index (χ3n) is 3.91. The minimum absolute atomic E-state index is 0.129. The molecule has 1 aliphatic heterocycles. The van der Waals surface area contributed by atoms with Crippen LogP contribution in [0.15, 0.2) is 56.2 Å². The Morgan fingerprint density at radius 3 is 2.82 bits per heavy atom. The van der Waals surface area contributed by atoms with E-state index < -0.39 is 0 Å². The average Bonchev–Trinajstić information content (AvgIpc) is 3.35. The van der Waals surface area contributed by atoms with Crippen LogP contribution in [0.3, 0.4) is 0 Å². The zero-order chi connectivity index (χ0) is 14.9. The number of furan rings is 2. The monoisotopic (exact) mass is 298 g/mol. The summed E-state index contributed by atoms with van der Waals surface area (Å²) in [5, 5.41) is 3.85. The number of rotatable bonds is 3. The number of hydrogen-bond donors (Lipinski definition) is 0. The molecule has 3 aromatic rings. The van der Waals surface area contributed by atoms with Gasteiger partial charge < -0.3 is 18.3 Å². The van der Waals surface area contributed by atoms with Crippen LogP contribution in [0, 0.1) is 0 Å². The van der Waals surface area contributed by atoms with Gasteiger partial charge in [-0.2, -0.15) is 0 Å². The molecule has 1 saturated heterocycles. The third-order valence-corrected chi connectivity index (χ3v) is 3.91. The van der Waals surface area contributed by atoms with Crippen molar-refractivity contribution in [3.05, 3.63) is 54.3 Å². The first kappa shape index (κ1) is 12.9. The maximum atomic E-state index is 12.5. The maximum Gasteiger partial charge on any atom is 0.276 e. The topological polar surface area (TPSA) is 72.6 Å². The van der Waals surface area contributed by atoms with Crippen molar-refractivity contribution >= 4 is 5.91 Å². The minimum Gasteiger partial charge on any atom is -0.469 e. The number of carbonyl (C=O) groups excluding carboxylic acids is 1. The van der Waals surface area contributed by atoms with Gasteiger partial charge in [0.25, 0.3) is 5.91 Å². The fourth-order valence-electron chi connectivity index (χ4n) is 2.77. The van der Waals surface area contributed by atoms with Crippen LogP contribution in [0.1, 0.15) is 28.6 Å². The Balaban J connectivity index is 1.49. The molecule has 1 atom stereocenters. The molecule has 1 fully saturated rings. The van der Waals surface area contributed by atoms with Gasteiger partial charge in [-0.1, -0.05) is 5.16 Å². The lowest BCUT2D eigenvalue weighted by Crippen LogP contribution is -2.28. The molecule has 0 bridgehead atoms. The van der Waals surface area contributed by atoms with Gasteiger partial charge in [0.15, 0.2) is 11.5 Å². The van der Waals surface area contributed by atoms with E-state index in [1.54, 1.807) is 35.6 Å². The first-order valence-corrected chi connectivity index (χ1v) is 7.14. The molecular weight excluding hydrogens is 284 g/mol. The second-order valence-corrected chi connectivity index (χ2v) is 5.31. The molecule has 4 rings (SSSR count). The first-order valence-electron chi connectivity index (χ1n) is 7.14. The van der Waals surface area contributed by atoms with Crippen LogP contribution in [-0.4, -0.2) is 29.1 Å². The van der Waals surface area contributed by atoms with Crippen LogP contribution in [-0.2, 0) is 0 Å². The van der Waals surface area contributed by atoms with E-state index in [1.165, 1.54) is 0 Å². The van der Waals surface area contributed by atoms with Crippen molar-refractivity contribution in [2.75, 3.05) is 13.1 Å². The normalized spacial score (nSPS) is 18.0. The van der Waals surface area contributed by atoms with Crippen LogP contribution in [0.5, 0.6) is 0 Å². The van der Waals surface area contributed by atoms with Crippen LogP contribution in [0.25, 0.3) is 11.5 Å². The summed E-state index contributed by atoms with van der Waals surface area (Å²) in [5.74, 6) is 2.05. The smallest absolute Gasteiger partial charge is 0.276 e. The highest BCUT2D eigenvalue weighted by Crippen LogP contribution is 2.29. The molecule has 0 saturated carbocycles. The predicted molar refractivity (Wildman–Crippen MR) is 76.2 cm³/mol. The van der Waals surface area contributed by atoms with Gasteiger partial charge in [-0.3, -0.25) is 4.79 Å². The van der Waals surface area contributed by atoms with E-state index in [2.05, 4.69) is 5.16 Å². The highest BCUT2D eigenvalue weighted by Gasteiger charge is 2.31. The zero-order valence-electron chi connectivity index (χ0n) is 11.8. The van der Waals surface area contributed by atoms with Gasteiger partial charge in [0.2, 0.25) is 5.76 Å². The second-order valence-electron chi connectivity index (χ2n) is 5.31. The quantitative estimate of drug-likeness (QED) is 0.742. The third kappa shape index (κ3) is 2.22. The van der Waals surface area contributed by atoms with Crippen molar-refractivity contribution in [3.63, 3.8) is 0 Å². The van der Waals surface area contributed by atoms with Gasteiger partial charge in [-0.25, -0.2) is 0 Å².